The first-order valence-corrected chi connectivity index (χ1v) is 10.4. The van der Waals surface area contributed by atoms with Gasteiger partial charge in [-0.25, -0.2) is 9.69 Å². The Balaban J connectivity index is 1.40. The SMILES string of the molecule is Cc1ccc(NC(=O)CN2C(=O)N/C(=C/c3ccn(C4CCCCC4)c3)C2=O)cc1. The van der Waals surface area contributed by atoms with Gasteiger partial charge in [0.25, 0.3) is 5.91 Å². The molecule has 2 N–H and O–H groups in total. The largest absolute Gasteiger partial charge is 0.351 e. The number of hydrogen-bond donors (Lipinski definition) is 2. The van der Waals surface area contributed by atoms with Gasteiger partial charge in [-0.2, -0.15) is 0 Å². The lowest BCUT2D eigenvalue weighted by molar-refractivity contribution is -0.127. The molecule has 2 aliphatic rings. The first-order chi connectivity index (χ1) is 14.5. The zero-order valence-electron chi connectivity index (χ0n) is 17.1. The van der Waals surface area contributed by atoms with Gasteiger partial charge in [0.15, 0.2) is 0 Å². The van der Waals surface area contributed by atoms with Crippen LogP contribution in [0.2, 0.25) is 0 Å². The number of carbonyl (C=O) groups is 3. The quantitative estimate of drug-likeness (QED) is 0.585. The zero-order chi connectivity index (χ0) is 21.1. The van der Waals surface area contributed by atoms with Crippen molar-refractivity contribution in [1.82, 2.24) is 14.8 Å². The Morgan fingerprint density at radius 2 is 1.87 bits per heavy atom. The summed E-state index contributed by atoms with van der Waals surface area (Å²) in [6, 6.07) is 9.17. The van der Waals surface area contributed by atoms with Crippen LogP contribution in [0.5, 0.6) is 0 Å². The van der Waals surface area contributed by atoms with Crippen molar-refractivity contribution in [3.8, 4) is 0 Å². The van der Waals surface area contributed by atoms with E-state index >= 15 is 0 Å². The molecule has 7 heteroatoms. The molecule has 1 aliphatic carbocycles. The Morgan fingerprint density at radius 1 is 1.13 bits per heavy atom. The number of hydrogen-bond acceptors (Lipinski definition) is 3. The fourth-order valence-electron chi connectivity index (χ4n) is 3.98. The molecule has 7 nitrogen and oxygen atoms in total. The summed E-state index contributed by atoms with van der Waals surface area (Å²) in [6.07, 6.45) is 11.8. The molecule has 2 aromatic rings. The highest BCUT2D eigenvalue weighted by atomic mass is 16.2. The van der Waals surface area contributed by atoms with Crippen molar-refractivity contribution in [3.63, 3.8) is 0 Å². The zero-order valence-corrected chi connectivity index (χ0v) is 17.1. The number of anilines is 1. The molecule has 0 unspecified atom stereocenters. The maximum Gasteiger partial charge on any atom is 0.329 e. The highest BCUT2D eigenvalue weighted by Crippen LogP contribution is 2.29. The van der Waals surface area contributed by atoms with Crippen LogP contribution in [0.3, 0.4) is 0 Å². The van der Waals surface area contributed by atoms with Crippen LogP contribution < -0.4 is 10.6 Å². The lowest BCUT2D eigenvalue weighted by Gasteiger charge is -2.23. The average Bonchev–Trinajstić information content (AvgIpc) is 3.31. The number of aryl methyl sites for hydroxylation is 1. The minimum Gasteiger partial charge on any atom is -0.351 e. The van der Waals surface area contributed by atoms with Crippen molar-refractivity contribution >= 4 is 29.6 Å². The molecule has 0 radical (unpaired) electrons. The number of imide groups is 1. The third-order valence-electron chi connectivity index (χ3n) is 5.64. The molecule has 1 saturated heterocycles. The molecular formula is C23H26N4O3. The standard InChI is InChI=1S/C23H26N4O3/c1-16-7-9-18(10-8-16)24-21(28)15-27-22(29)20(25-23(27)30)13-17-11-12-26(14-17)19-5-3-2-4-6-19/h7-14,19H,2-6,15H2,1H3,(H,24,28)(H,25,30)/b20-13+. The number of benzene rings is 1. The van der Waals surface area contributed by atoms with Gasteiger partial charge in [0.1, 0.15) is 12.2 Å². The minimum atomic E-state index is -0.586. The Morgan fingerprint density at radius 3 is 2.60 bits per heavy atom. The summed E-state index contributed by atoms with van der Waals surface area (Å²) in [5, 5.41) is 5.28. The third kappa shape index (κ3) is 4.45. The molecule has 1 aromatic heterocycles. The highest BCUT2D eigenvalue weighted by molar-refractivity contribution is 6.15. The fraction of sp³-hybridized carbons (Fsp3) is 0.348. The van der Waals surface area contributed by atoms with Crippen molar-refractivity contribution < 1.29 is 14.4 Å². The van der Waals surface area contributed by atoms with Gasteiger partial charge in [-0.1, -0.05) is 37.0 Å². The van der Waals surface area contributed by atoms with Gasteiger partial charge < -0.3 is 15.2 Å². The van der Waals surface area contributed by atoms with Crippen LogP contribution in [0, 0.1) is 6.92 Å². The smallest absolute Gasteiger partial charge is 0.329 e. The summed E-state index contributed by atoms with van der Waals surface area (Å²) in [5.41, 5.74) is 2.74. The molecule has 1 saturated carbocycles. The van der Waals surface area contributed by atoms with Crippen molar-refractivity contribution in [2.45, 2.75) is 45.1 Å². The number of rotatable bonds is 5. The van der Waals surface area contributed by atoms with Crippen molar-refractivity contribution in [2.75, 3.05) is 11.9 Å². The number of urea groups is 1. The molecule has 0 spiro atoms. The first kappa shape index (κ1) is 19.9. The number of nitrogens with zero attached hydrogens (tertiary/aromatic N) is 2. The van der Waals surface area contributed by atoms with Gasteiger partial charge in [-0.15, -0.1) is 0 Å². The van der Waals surface area contributed by atoms with E-state index in [1.54, 1.807) is 18.2 Å². The van der Waals surface area contributed by atoms with Crippen molar-refractivity contribution in [1.29, 1.82) is 0 Å². The second-order valence-electron chi connectivity index (χ2n) is 7.98. The fourth-order valence-corrected chi connectivity index (χ4v) is 3.98. The second-order valence-corrected chi connectivity index (χ2v) is 7.98. The number of aromatic nitrogens is 1. The van der Waals surface area contributed by atoms with Gasteiger partial charge in [0, 0.05) is 24.1 Å². The second kappa shape index (κ2) is 8.57. The van der Waals surface area contributed by atoms with Gasteiger partial charge in [-0.3, -0.25) is 9.59 Å². The van der Waals surface area contributed by atoms with E-state index in [-0.39, 0.29) is 12.2 Å². The van der Waals surface area contributed by atoms with Crippen LogP contribution >= 0.6 is 0 Å². The normalized spacial score (nSPS) is 18.7. The van der Waals surface area contributed by atoms with Crippen LogP contribution in [0.1, 0.15) is 49.3 Å². The molecule has 30 heavy (non-hydrogen) atoms. The van der Waals surface area contributed by atoms with E-state index in [2.05, 4.69) is 15.2 Å². The van der Waals surface area contributed by atoms with E-state index in [4.69, 9.17) is 0 Å². The summed E-state index contributed by atoms with van der Waals surface area (Å²) < 4.78 is 2.19. The summed E-state index contributed by atoms with van der Waals surface area (Å²) in [5.74, 6) is -0.920. The molecule has 0 atom stereocenters. The Bertz CT molecular complexity index is 984. The average molecular weight is 406 g/mol. The molecule has 156 valence electrons. The van der Waals surface area contributed by atoms with Crippen molar-refractivity contribution in [3.05, 3.63) is 59.5 Å². The Hall–Kier alpha value is -3.35. The van der Waals surface area contributed by atoms with Gasteiger partial charge in [0.2, 0.25) is 5.91 Å². The van der Waals surface area contributed by atoms with E-state index < -0.39 is 17.8 Å². The minimum absolute atomic E-state index is 0.185. The number of nitrogens with one attached hydrogen (secondary N) is 2. The predicted octanol–water partition coefficient (Wildman–Crippen LogP) is 3.83. The molecule has 4 amide bonds. The van der Waals surface area contributed by atoms with E-state index in [1.165, 1.54) is 32.1 Å². The van der Waals surface area contributed by atoms with Gasteiger partial charge in [0.05, 0.1) is 0 Å². The Labute approximate surface area is 175 Å². The van der Waals surface area contributed by atoms with E-state index in [0.29, 0.717) is 11.7 Å². The van der Waals surface area contributed by atoms with Crippen LogP contribution in [0.25, 0.3) is 6.08 Å². The maximum atomic E-state index is 12.6. The van der Waals surface area contributed by atoms with Gasteiger partial charge >= 0.3 is 6.03 Å². The lowest BCUT2D eigenvalue weighted by Crippen LogP contribution is -2.38. The molecule has 4 rings (SSSR count). The molecule has 1 aromatic carbocycles. The summed E-state index contributed by atoms with van der Waals surface area (Å²) >= 11 is 0. The van der Waals surface area contributed by atoms with E-state index in [0.717, 1.165) is 16.0 Å². The van der Waals surface area contributed by atoms with Crippen LogP contribution in [0.4, 0.5) is 10.5 Å². The summed E-state index contributed by atoms with van der Waals surface area (Å²) in [7, 11) is 0. The third-order valence-corrected chi connectivity index (χ3v) is 5.64. The van der Waals surface area contributed by atoms with E-state index in [9.17, 15) is 14.4 Å². The predicted molar refractivity (Wildman–Crippen MR) is 115 cm³/mol. The van der Waals surface area contributed by atoms with Crippen LogP contribution in [-0.4, -0.2) is 33.9 Å². The highest BCUT2D eigenvalue weighted by Gasteiger charge is 2.35. The monoisotopic (exact) mass is 406 g/mol. The van der Waals surface area contributed by atoms with Crippen LogP contribution in [0.15, 0.2) is 48.4 Å². The number of carbonyl (C=O) groups excluding carboxylic acids is 3. The maximum absolute atomic E-state index is 12.6. The number of amides is 4. The Kier molecular flexibility index (Phi) is 5.70. The molecule has 0 bridgehead atoms. The van der Waals surface area contributed by atoms with Crippen molar-refractivity contribution in [2.24, 2.45) is 0 Å². The van der Waals surface area contributed by atoms with Gasteiger partial charge in [-0.05, 0) is 49.6 Å². The van der Waals surface area contributed by atoms with E-state index in [1.807, 2.05) is 37.5 Å². The molecule has 2 heterocycles. The molecule has 2 fully saturated rings. The lowest BCUT2D eigenvalue weighted by atomic mass is 9.95. The summed E-state index contributed by atoms with van der Waals surface area (Å²) in [6.45, 7) is 1.62. The molecule has 1 aliphatic heterocycles. The first-order valence-electron chi connectivity index (χ1n) is 10.4. The van der Waals surface area contributed by atoms with Crippen LogP contribution in [-0.2, 0) is 9.59 Å². The molecular weight excluding hydrogens is 380 g/mol. The topological polar surface area (TPSA) is 83.4 Å². The summed E-state index contributed by atoms with van der Waals surface area (Å²) in [4.78, 5) is 38.1.